The molecule has 1 N–H and O–H groups in total. The topological polar surface area (TPSA) is 41.6 Å². The number of anilines is 1. The van der Waals surface area contributed by atoms with Gasteiger partial charge < -0.3 is 0 Å². The van der Waals surface area contributed by atoms with Gasteiger partial charge in [-0.1, -0.05) is 18.2 Å². The molecule has 0 unspecified atom stereocenters. The molecule has 0 bridgehead atoms. The van der Waals surface area contributed by atoms with Gasteiger partial charge in [0.1, 0.15) is 0 Å². The van der Waals surface area contributed by atoms with Crippen molar-refractivity contribution in [3.05, 3.63) is 29.8 Å². The molecule has 4 heteroatoms. The average molecular weight is 206 g/mol. The van der Waals surface area contributed by atoms with Crippen molar-refractivity contribution in [2.24, 2.45) is 0 Å². The maximum absolute atomic E-state index is 11.6. The summed E-state index contributed by atoms with van der Waals surface area (Å²) in [7, 11) is 0. The highest BCUT2D eigenvalue weighted by molar-refractivity contribution is 5.94. The zero-order valence-corrected chi connectivity index (χ0v) is 9.07. The number of hydrogen-bond acceptors (Lipinski definition) is 2. The number of hydrogen-bond donors (Lipinski definition) is 1. The molecule has 1 aliphatic heterocycles. The molecule has 0 atom stereocenters. The van der Waals surface area contributed by atoms with Gasteiger partial charge in [0.2, 0.25) is 0 Å². The second kappa shape index (κ2) is 3.24. The van der Waals surface area contributed by atoms with Crippen LogP contribution in [-0.4, -0.2) is 11.8 Å². The molecule has 15 heavy (non-hydrogen) atoms. The monoisotopic (exact) mass is 206 g/mol. The highest BCUT2D eigenvalue weighted by Gasteiger charge is 2.41. The summed E-state index contributed by atoms with van der Waals surface area (Å²) in [5.74, 6) is 0. The van der Waals surface area contributed by atoms with Crippen molar-refractivity contribution in [1.29, 1.82) is 0 Å². The Morgan fingerprint density at radius 3 is 2.53 bits per heavy atom. The van der Waals surface area contributed by atoms with Crippen LogP contribution in [-0.2, 0) is 4.84 Å². The molecule has 0 radical (unpaired) electrons. The van der Waals surface area contributed by atoms with E-state index in [9.17, 15) is 4.79 Å². The molecule has 1 fully saturated rings. The van der Waals surface area contributed by atoms with E-state index in [0.717, 1.165) is 11.3 Å². The van der Waals surface area contributed by atoms with Crippen LogP contribution in [0.2, 0.25) is 0 Å². The number of benzene rings is 1. The third-order valence-electron chi connectivity index (χ3n) is 2.49. The number of nitrogens with one attached hydrogen (secondary N) is 1. The fraction of sp³-hybridized carbons (Fsp3) is 0.364. The van der Waals surface area contributed by atoms with E-state index in [-0.39, 0.29) is 6.03 Å². The normalized spacial score (nSPS) is 19.1. The van der Waals surface area contributed by atoms with Crippen molar-refractivity contribution in [3.8, 4) is 0 Å². The zero-order chi connectivity index (χ0) is 11.1. The van der Waals surface area contributed by atoms with Gasteiger partial charge in [-0.2, -0.15) is 0 Å². The highest BCUT2D eigenvalue weighted by Crippen LogP contribution is 2.30. The lowest BCUT2D eigenvalue weighted by Crippen LogP contribution is -2.41. The molecule has 1 heterocycles. The van der Waals surface area contributed by atoms with E-state index >= 15 is 0 Å². The Labute approximate surface area is 88.8 Å². The van der Waals surface area contributed by atoms with Crippen LogP contribution in [0.4, 0.5) is 10.5 Å². The van der Waals surface area contributed by atoms with Crippen molar-refractivity contribution in [3.63, 3.8) is 0 Å². The summed E-state index contributed by atoms with van der Waals surface area (Å²) in [5, 5.41) is 0. The number of carbonyl (C=O) groups excluding carboxylic acids is 1. The minimum atomic E-state index is -0.650. The molecule has 2 amide bonds. The summed E-state index contributed by atoms with van der Waals surface area (Å²) in [6, 6.07) is 7.50. The number of carbonyl (C=O) groups is 1. The predicted molar refractivity (Wildman–Crippen MR) is 57.4 cm³/mol. The molecule has 1 aliphatic rings. The van der Waals surface area contributed by atoms with Crippen LogP contribution in [0.25, 0.3) is 0 Å². The van der Waals surface area contributed by atoms with Crippen molar-refractivity contribution < 1.29 is 9.63 Å². The Kier molecular flexibility index (Phi) is 2.16. The average Bonchev–Trinajstić information content (AvgIpc) is 2.43. The van der Waals surface area contributed by atoms with E-state index in [2.05, 4.69) is 5.48 Å². The highest BCUT2D eigenvalue weighted by atomic mass is 16.7. The molecule has 4 nitrogen and oxygen atoms in total. The van der Waals surface area contributed by atoms with Gasteiger partial charge in [0, 0.05) is 0 Å². The van der Waals surface area contributed by atoms with E-state index in [1.54, 1.807) is 4.90 Å². The molecular formula is C11H14N2O2. The fourth-order valence-corrected chi connectivity index (χ4v) is 1.72. The number of aryl methyl sites for hydroxylation is 1. The Balaban J connectivity index is 2.46. The van der Waals surface area contributed by atoms with Crippen LogP contribution in [0, 0.1) is 6.92 Å². The van der Waals surface area contributed by atoms with E-state index < -0.39 is 5.72 Å². The van der Waals surface area contributed by atoms with Crippen LogP contribution in [0.15, 0.2) is 24.3 Å². The van der Waals surface area contributed by atoms with Crippen LogP contribution in [0.1, 0.15) is 19.4 Å². The first-order valence-electron chi connectivity index (χ1n) is 4.86. The lowest BCUT2D eigenvalue weighted by Gasteiger charge is -2.28. The Morgan fingerprint density at radius 2 is 2.00 bits per heavy atom. The van der Waals surface area contributed by atoms with E-state index in [4.69, 9.17) is 4.84 Å². The van der Waals surface area contributed by atoms with Gasteiger partial charge in [-0.15, -0.1) is 0 Å². The lowest BCUT2D eigenvalue weighted by atomic mass is 10.1. The Morgan fingerprint density at radius 1 is 1.33 bits per heavy atom. The van der Waals surface area contributed by atoms with Crippen molar-refractivity contribution >= 4 is 11.7 Å². The molecule has 0 aromatic heterocycles. The summed E-state index contributed by atoms with van der Waals surface area (Å²) in [5.41, 5.74) is 3.64. The molecule has 0 aliphatic carbocycles. The summed E-state index contributed by atoms with van der Waals surface area (Å²) in [6.07, 6.45) is 0. The third-order valence-corrected chi connectivity index (χ3v) is 2.49. The third kappa shape index (κ3) is 1.57. The van der Waals surface area contributed by atoms with Gasteiger partial charge in [0.05, 0.1) is 5.69 Å². The van der Waals surface area contributed by atoms with Crippen LogP contribution < -0.4 is 10.4 Å². The second-order valence-electron chi connectivity index (χ2n) is 4.08. The maximum Gasteiger partial charge on any atom is 0.348 e. The number of rotatable bonds is 1. The number of amides is 2. The van der Waals surface area contributed by atoms with Gasteiger partial charge in [-0.05, 0) is 32.4 Å². The summed E-state index contributed by atoms with van der Waals surface area (Å²) >= 11 is 0. The largest absolute Gasteiger partial charge is 0.348 e. The smallest absolute Gasteiger partial charge is 0.261 e. The van der Waals surface area contributed by atoms with Gasteiger partial charge in [-0.3, -0.25) is 4.90 Å². The second-order valence-corrected chi connectivity index (χ2v) is 4.08. The number of hydroxylamine groups is 1. The first-order valence-corrected chi connectivity index (χ1v) is 4.86. The fourth-order valence-electron chi connectivity index (χ4n) is 1.72. The molecule has 2 rings (SSSR count). The quantitative estimate of drug-likeness (QED) is 0.765. The molecule has 1 aromatic rings. The molecule has 0 saturated carbocycles. The number of urea groups is 1. The van der Waals surface area contributed by atoms with E-state index in [1.165, 1.54) is 0 Å². The summed E-state index contributed by atoms with van der Waals surface area (Å²) in [6.45, 7) is 5.66. The Bertz CT molecular complexity index is 401. The zero-order valence-electron chi connectivity index (χ0n) is 9.07. The standard InChI is InChI=1S/C11H14N2O2/c1-8-6-4-5-7-9(8)13-10(14)12-15-11(13,2)3/h4-7H,1-3H3,(H,12,14). The van der Waals surface area contributed by atoms with Crippen LogP contribution in [0.5, 0.6) is 0 Å². The van der Waals surface area contributed by atoms with E-state index in [1.807, 2.05) is 45.0 Å². The number of nitrogens with zero attached hydrogens (tertiary/aromatic N) is 1. The SMILES string of the molecule is Cc1ccccc1N1C(=O)NOC1(C)C. The van der Waals surface area contributed by atoms with Crippen LogP contribution >= 0.6 is 0 Å². The van der Waals surface area contributed by atoms with Crippen molar-refractivity contribution in [1.82, 2.24) is 5.48 Å². The maximum atomic E-state index is 11.6. The first kappa shape index (κ1) is 9.98. The minimum Gasteiger partial charge on any atom is -0.261 e. The van der Waals surface area contributed by atoms with E-state index in [0.29, 0.717) is 0 Å². The van der Waals surface area contributed by atoms with Gasteiger partial charge in [-0.25, -0.2) is 15.1 Å². The molecule has 80 valence electrons. The molecular weight excluding hydrogens is 192 g/mol. The first-order chi connectivity index (χ1) is 7.02. The molecule has 1 aromatic carbocycles. The van der Waals surface area contributed by atoms with Crippen molar-refractivity contribution in [2.45, 2.75) is 26.5 Å². The summed E-state index contributed by atoms with van der Waals surface area (Å²) in [4.78, 5) is 18.4. The van der Waals surface area contributed by atoms with Gasteiger partial charge in [0.25, 0.3) is 0 Å². The van der Waals surface area contributed by atoms with Gasteiger partial charge >= 0.3 is 6.03 Å². The van der Waals surface area contributed by atoms with Crippen LogP contribution in [0.3, 0.4) is 0 Å². The lowest BCUT2D eigenvalue weighted by molar-refractivity contribution is -0.0211. The predicted octanol–water partition coefficient (Wildman–Crippen LogP) is 2.19. The minimum absolute atomic E-state index is 0.227. The van der Waals surface area contributed by atoms with Crippen molar-refractivity contribution in [2.75, 3.05) is 4.90 Å². The number of para-hydroxylation sites is 1. The van der Waals surface area contributed by atoms with Gasteiger partial charge in [0.15, 0.2) is 5.72 Å². The molecule has 0 spiro atoms. The Hall–Kier alpha value is -1.55. The molecule has 1 saturated heterocycles. The summed E-state index contributed by atoms with van der Waals surface area (Å²) < 4.78 is 0.